The Balaban J connectivity index is 2.44. The fourth-order valence-corrected chi connectivity index (χ4v) is 1.74. The molecule has 3 nitrogen and oxygen atoms in total. The molecule has 17 heavy (non-hydrogen) atoms. The molecule has 0 bridgehead atoms. The van der Waals surface area contributed by atoms with Crippen LogP contribution in [0.3, 0.4) is 0 Å². The van der Waals surface area contributed by atoms with E-state index in [0.29, 0.717) is 18.5 Å². The summed E-state index contributed by atoms with van der Waals surface area (Å²) in [5, 5.41) is 11.2. The molecule has 3 heteroatoms. The zero-order valence-corrected chi connectivity index (χ0v) is 10.4. The van der Waals surface area contributed by atoms with Crippen LogP contribution < -0.4 is 5.32 Å². The zero-order chi connectivity index (χ0) is 12.7. The summed E-state index contributed by atoms with van der Waals surface area (Å²) in [5.74, 6) is -0.0336. The van der Waals surface area contributed by atoms with Gasteiger partial charge in [0.15, 0.2) is 0 Å². The summed E-state index contributed by atoms with van der Waals surface area (Å²) in [4.78, 5) is 11.8. The molecule has 90 valence electrons. The lowest BCUT2D eigenvalue weighted by atomic mass is 10.1. The van der Waals surface area contributed by atoms with Gasteiger partial charge in [-0.05, 0) is 38.8 Å². The predicted molar refractivity (Wildman–Crippen MR) is 67.7 cm³/mol. The number of carbonyl (C=O) groups is 1. The van der Waals surface area contributed by atoms with Gasteiger partial charge in [0.25, 0.3) is 5.91 Å². The highest BCUT2D eigenvalue weighted by molar-refractivity contribution is 5.94. The van der Waals surface area contributed by atoms with E-state index in [9.17, 15) is 4.79 Å². The number of hydrogen-bond donors (Lipinski definition) is 1. The van der Waals surface area contributed by atoms with Crippen molar-refractivity contribution in [1.29, 1.82) is 5.26 Å². The topological polar surface area (TPSA) is 52.9 Å². The molecular weight excluding hydrogens is 212 g/mol. The first-order chi connectivity index (χ1) is 8.13. The molecule has 0 aliphatic carbocycles. The SMILES string of the molecule is Cc1cc(C)cc(C(=O)NCCCCC#N)c1. The molecule has 1 aromatic carbocycles. The van der Waals surface area contributed by atoms with Gasteiger partial charge in [0, 0.05) is 18.5 Å². The molecule has 0 atom stereocenters. The predicted octanol–water partition coefficient (Wildman–Crippen LogP) is 2.73. The van der Waals surface area contributed by atoms with Crippen molar-refractivity contribution in [2.24, 2.45) is 0 Å². The summed E-state index contributed by atoms with van der Waals surface area (Å²) < 4.78 is 0. The van der Waals surface area contributed by atoms with Crippen molar-refractivity contribution < 1.29 is 4.79 Å². The van der Waals surface area contributed by atoms with Crippen LogP contribution >= 0.6 is 0 Å². The van der Waals surface area contributed by atoms with E-state index in [2.05, 4.69) is 11.4 Å². The largest absolute Gasteiger partial charge is 0.352 e. The van der Waals surface area contributed by atoms with Gasteiger partial charge < -0.3 is 5.32 Å². The minimum absolute atomic E-state index is 0.0336. The Labute approximate surface area is 102 Å². The molecule has 0 fully saturated rings. The molecule has 1 aromatic rings. The summed E-state index contributed by atoms with van der Waals surface area (Å²) in [5.41, 5.74) is 2.90. The van der Waals surface area contributed by atoms with Gasteiger partial charge in [-0.3, -0.25) is 4.79 Å². The van der Waals surface area contributed by atoms with Crippen LogP contribution in [0.15, 0.2) is 18.2 Å². The Bertz CT molecular complexity index is 412. The van der Waals surface area contributed by atoms with Gasteiger partial charge in [0.05, 0.1) is 6.07 Å². The summed E-state index contributed by atoms with van der Waals surface area (Å²) in [6.45, 7) is 4.60. The monoisotopic (exact) mass is 230 g/mol. The maximum Gasteiger partial charge on any atom is 0.251 e. The maximum atomic E-state index is 11.8. The fraction of sp³-hybridized carbons (Fsp3) is 0.429. The molecule has 0 aliphatic rings. The van der Waals surface area contributed by atoms with E-state index in [-0.39, 0.29) is 5.91 Å². The number of rotatable bonds is 5. The van der Waals surface area contributed by atoms with Gasteiger partial charge in [0.2, 0.25) is 0 Å². The van der Waals surface area contributed by atoms with E-state index in [1.54, 1.807) is 0 Å². The van der Waals surface area contributed by atoms with E-state index in [0.717, 1.165) is 24.0 Å². The van der Waals surface area contributed by atoms with Crippen LogP contribution in [0.2, 0.25) is 0 Å². The number of nitrogens with one attached hydrogen (secondary N) is 1. The third-order valence-electron chi connectivity index (χ3n) is 2.48. The van der Waals surface area contributed by atoms with Crippen LogP contribution in [0.25, 0.3) is 0 Å². The van der Waals surface area contributed by atoms with E-state index in [1.807, 2.05) is 32.0 Å². The average Bonchev–Trinajstić information content (AvgIpc) is 2.27. The Hall–Kier alpha value is -1.82. The van der Waals surface area contributed by atoms with Crippen molar-refractivity contribution in [3.63, 3.8) is 0 Å². The molecule has 0 spiro atoms. The average molecular weight is 230 g/mol. The lowest BCUT2D eigenvalue weighted by molar-refractivity contribution is 0.0953. The molecule has 0 saturated heterocycles. The van der Waals surface area contributed by atoms with Crippen molar-refractivity contribution in [1.82, 2.24) is 5.32 Å². The first-order valence-electron chi connectivity index (χ1n) is 5.87. The maximum absolute atomic E-state index is 11.8. The lowest BCUT2D eigenvalue weighted by Gasteiger charge is -2.06. The number of aryl methyl sites for hydroxylation is 2. The second-order valence-corrected chi connectivity index (χ2v) is 4.25. The minimum atomic E-state index is -0.0336. The lowest BCUT2D eigenvalue weighted by Crippen LogP contribution is -2.24. The highest BCUT2D eigenvalue weighted by Gasteiger charge is 2.05. The molecule has 0 aliphatic heterocycles. The number of hydrogen-bond acceptors (Lipinski definition) is 2. The van der Waals surface area contributed by atoms with Crippen molar-refractivity contribution in [2.45, 2.75) is 33.1 Å². The summed E-state index contributed by atoms with van der Waals surface area (Å²) in [6.07, 6.45) is 2.24. The number of carbonyl (C=O) groups excluding carboxylic acids is 1. The molecular formula is C14H18N2O. The molecule has 1 N–H and O–H groups in total. The molecule has 0 heterocycles. The van der Waals surface area contributed by atoms with E-state index in [4.69, 9.17) is 5.26 Å². The summed E-state index contributed by atoms with van der Waals surface area (Å²) >= 11 is 0. The zero-order valence-electron chi connectivity index (χ0n) is 10.4. The standard InChI is InChI=1S/C14H18N2O/c1-11-8-12(2)10-13(9-11)14(17)16-7-5-3-4-6-15/h8-10H,3-5,7H2,1-2H3,(H,16,17). The third kappa shape index (κ3) is 4.69. The molecule has 1 amide bonds. The molecule has 0 aromatic heterocycles. The van der Waals surface area contributed by atoms with Gasteiger partial charge >= 0.3 is 0 Å². The molecule has 0 radical (unpaired) electrons. The second-order valence-electron chi connectivity index (χ2n) is 4.25. The Morgan fingerprint density at radius 1 is 1.24 bits per heavy atom. The Kier molecular flexibility index (Phi) is 5.22. The number of unbranched alkanes of at least 4 members (excludes halogenated alkanes) is 2. The first-order valence-corrected chi connectivity index (χ1v) is 5.87. The number of amides is 1. The van der Waals surface area contributed by atoms with Crippen LogP contribution in [0, 0.1) is 25.2 Å². The highest BCUT2D eigenvalue weighted by Crippen LogP contribution is 2.08. The second kappa shape index (κ2) is 6.70. The normalized spacial score (nSPS) is 9.71. The minimum Gasteiger partial charge on any atom is -0.352 e. The van der Waals surface area contributed by atoms with E-state index < -0.39 is 0 Å². The summed E-state index contributed by atoms with van der Waals surface area (Å²) in [7, 11) is 0. The van der Waals surface area contributed by atoms with Crippen LogP contribution in [0.5, 0.6) is 0 Å². The van der Waals surface area contributed by atoms with E-state index >= 15 is 0 Å². The number of nitriles is 1. The van der Waals surface area contributed by atoms with Gasteiger partial charge in [0.1, 0.15) is 0 Å². The first kappa shape index (κ1) is 13.2. The van der Waals surface area contributed by atoms with Crippen molar-refractivity contribution >= 4 is 5.91 Å². The van der Waals surface area contributed by atoms with Crippen LogP contribution in [0.4, 0.5) is 0 Å². The van der Waals surface area contributed by atoms with Gasteiger partial charge in [-0.1, -0.05) is 17.2 Å². The van der Waals surface area contributed by atoms with Crippen molar-refractivity contribution in [2.75, 3.05) is 6.54 Å². The van der Waals surface area contributed by atoms with Crippen LogP contribution in [-0.2, 0) is 0 Å². The molecule has 0 saturated carbocycles. The Morgan fingerprint density at radius 3 is 2.47 bits per heavy atom. The molecule has 0 unspecified atom stereocenters. The quantitative estimate of drug-likeness (QED) is 0.791. The van der Waals surface area contributed by atoms with Crippen molar-refractivity contribution in [3.05, 3.63) is 34.9 Å². The number of benzene rings is 1. The van der Waals surface area contributed by atoms with Crippen LogP contribution in [0.1, 0.15) is 40.7 Å². The number of nitrogens with zero attached hydrogens (tertiary/aromatic N) is 1. The van der Waals surface area contributed by atoms with Crippen molar-refractivity contribution in [3.8, 4) is 6.07 Å². The Morgan fingerprint density at radius 2 is 1.88 bits per heavy atom. The fourth-order valence-electron chi connectivity index (χ4n) is 1.74. The summed E-state index contributed by atoms with van der Waals surface area (Å²) in [6, 6.07) is 7.91. The van der Waals surface area contributed by atoms with Crippen LogP contribution in [-0.4, -0.2) is 12.5 Å². The third-order valence-corrected chi connectivity index (χ3v) is 2.48. The van der Waals surface area contributed by atoms with Gasteiger partial charge in [-0.2, -0.15) is 5.26 Å². The van der Waals surface area contributed by atoms with E-state index in [1.165, 1.54) is 0 Å². The van der Waals surface area contributed by atoms with Gasteiger partial charge in [-0.15, -0.1) is 0 Å². The molecule has 1 rings (SSSR count). The van der Waals surface area contributed by atoms with Gasteiger partial charge in [-0.25, -0.2) is 0 Å². The smallest absolute Gasteiger partial charge is 0.251 e. The highest BCUT2D eigenvalue weighted by atomic mass is 16.1.